The van der Waals surface area contributed by atoms with Crippen LogP contribution in [0.4, 0.5) is 0 Å². The minimum Gasteiger partial charge on any atom is -0.373 e. The summed E-state index contributed by atoms with van der Waals surface area (Å²) in [6, 6.07) is 2.35. The molecule has 4 fully saturated rings. The molecule has 0 unspecified atom stereocenters. The zero-order chi connectivity index (χ0) is 12.1. The summed E-state index contributed by atoms with van der Waals surface area (Å²) >= 11 is 0. The monoisotopic (exact) mass is 233 g/mol. The molecule has 0 atom stereocenters. The predicted molar refractivity (Wildman–Crippen MR) is 66.2 cm³/mol. The van der Waals surface area contributed by atoms with Crippen molar-refractivity contribution in [1.29, 1.82) is 5.26 Å². The number of nitriles is 1. The highest BCUT2D eigenvalue weighted by molar-refractivity contribution is 5.04. The normalized spacial score (nSPS) is 43.7. The maximum Gasteiger partial charge on any atom is 0.0751 e. The summed E-state index contributed by atoms with van der Waals surface area (Å²) in [5, 5.41) is 9.08. The van der Waals surface area contributed by atoms with Crippen molar-refractivity contribution in [2.45, 2.75) is 58.0 Å². The summed E-state index contributed by atoms with van der Waals surface area (Å²) in [5.74, 6) is 2.77. The molecule has 17 heavy (non-hydrogen) atoms. The first-order valence-corrected chi connectivity index (χ1v) is 7.05. The van der Waals surface area contributed by atoms with Gasteiger partial charge < -0.3 is 4.74 Å². The summed E-state index contributed by atoms with van der Waals surface area (Å²) in [6.45, 7) is 4.57. The molecule has 4 saturated carbocycles. The molecule has 4 bridgehead atoms. The fourth-order valence-corrected chi connectivity index (χ4v) is 4.57. The molecule has 2 heteroatoms. The van der Waals surface area contributed by atoms with Gasteiger partial charge in [-0.1, -0.05) is 0 Å². The SMILES string of the molecule is CC(C)(C#N)COC12CC3CC(CC(C3)C1)C2. The summed E-state index contributed by atoms with van der Waals surface area (Å²) in [5.41, 5.74) is -0.174. The Labute approximate surface area is 104 Å². The van der Waals surface area contributed by atoms with Gasteiger partial charge in [-0.15, -0.1) is 0 Å². The first-order valence-electron chi connectivity index (χ1n) is 7.05. The average Bonchev–Trinajstić information content (AvgIpc) is 2.25. The van der Waals surface area contributed by atoms with E-state index in [1.54, 1.807) is 0 Å². The van der Waals surface area contributed by atoms with Crippen LogP contribution >= 0.6 is 0 Å². The van der Waals surface area contributed by atoms with Crippen molar-refractivity contribution in [3.63, 3.8) is 0 Å². The van der Waals surface area contributed by atoms with E-state index in [2.05, 4.69) is 6.07 Å². The molecule has 0 aliphatic heterocycles. The van der Waals surface area contributed by atoms with Crippen LogP contribution in [0.5, 0.6) is 0 Å². The van der Waals surface area contributed by atoms with Crippen LogP contribution < -0.4 is 0 Å². The second kappa shape index (κ2) is 3.72. The van der Waals surface area contributed by atoms with E-state index in [0.717, 1.165) is 17.8 Å². The van der Waals surface area contributed by atoms with Gasteiger partial charge in [-0.05, 0) is 70.1 Å². The van der Waals surface area contributed by atoms with Crippen molar-refractivity contribution in [3.8, 4) is 6.07 Å². The van der Waals surface area contributed by atoms with Gasteiger partial charge in [0.25, 0.3) is 0 Å². The molecule has 0 aromatic heterocycles. The van der Waals surface area contributed by atoms with Crippen LogP contribution in [-0.4, -0.2) is 12.2 Å². The molecule has 2 nitrogen and oxygen atoms in total. The molecule has 0 saturated heterocycles. The average molecular weight is 233 g/mol. The van der Waals surface area contributed by atoms with E-state index in [4.69, 9.17) is 10.00 Å². The zero-order valence-corrected chi connectivity index (χ0v) is 11.0. The first-order chi connectivity index (χ1) is 8.00. The lowest BCUT2D eigenvalue weighted by Gasteiger charge is -2.56. The minimum atomic E-state index is -0.330. The number of hydrogen-bond donors (Lipinski definition) is 0. The van der Waals surface area contributed by atoms with Crippen LogP contribution in [0.1, 0.15) is 52.4 Å². The third kappa shape index (κ3) is 2.10. The van der Waals surface area contributed by atoms with E-state index in [9.17, 15) is 0 Å². The highest BCUT2D eigenvalue weighted by Gasteiger charge is 2.52. The van der Waals surface area contributed by atoms with Gasteiger partial charge in [0.1, 0.15) is 0 Å². The largest absolute Gasteiger partial charge is 0.373 e. The van der Waals surface area contributed by atoms with Gasteiger partial charge in [-0.2, -0.15) is 5.26 Å². The van der Waals surface area contributed by atoms with Gasteiger partial charge in [0.15, 0.2) is 0 Å². The molecule has 0 heterocycles. The van der Waals surface area contributed by atoms with Crippen LogP contribution in [0.2, 0.25) is 0 Å². The maximum absolute atomic E-state index is 9.08. The third-order valence-corrected chi connectivity index (χ3v) is 5.02. The highest BCUT2D eigenvalue weighted by Crippen LogP contribution is 2.57. The van der Waals surface area contributed by atoms with Gasteiger partial charge in [0, 0.05) is 0 Å². The van der Waals surface area contributed by atoms with Crippen LogP contribution in [-0.2, 0) is 4.74 Å². The zero-order valence-electron chi connectivity index (χ0n) is 11.0. The quantitative estimate of drug-likeness (QED) is 0.747. The van der Waals surface area contributed by atoms with E-state index < -0.39 is 0 Å². The van der Waals surface area contributed by atoms with Crippen molar-refractivity contribution in [1.82, 2.24) is 0 Å². The Bertz CT molecular complexity index is 317. The van der Waals surface area contributed by atoms with Crippen molar-refractivity contribution in [2.75, 3.05) is 6.61 Å². The van der Waals surface area contributed by atoms with Crippen molar-refractivity contribution in [3.05, 3.63) is 0 Å². The summed E-state index contributed by atoms with van der Waals surface area (Å²) < 4.78 is 6.28. The van der Waals surface area contributed by atoms with E-state index >= 15 is 0 Å². The Morgan fingerprint density at radius 2 is 1.59 bits per heavy atom. The summed E-state index contributed by atoms with van der Waals surface area (Å²) in [7, 11) is 0. The molecule has 4 aliphatic rings. The Morgan fingerprint density at radius 1 is 1.12 bits per heavy atom. The lowest BCUT2D eigenvalue weighted by atomic mass is 9.54. The smallest absolute Gasteiger partial charge is 0.0751 e. The second-order valence-electron chi connectivity index (χ2n) is 7.38. The van der Waals surface area contributed by atoms with Gasteiger partial charge >= 0.3 is 0 Å². The fraction of sp³-hybridized carbons (Fsp3) is 0.933. The predicted octanol–water partition coefficient (Wildman–Crippen LogP) is 3.52. The van der Waals surface area contributed by atoms with E-state index in [0.29, 0.717) is 6.61 Å². The highest BCUT2D eigenvalue weighted by atomic mass is 16.5. The standard InChI is InChI=1S/C15H23NO/c1-14(2,9-16)10-17-15-6-11-3-12(7-15)5-13(4-11)8-15/h11-13H,3-8,10H2,1-2H3. The molecule has 0 aromatic rings. The van der Waals surface area contributed by atoms with Crippen molar-refractivity contribution in [2.24, 2.45) is 23.2 Å². The van der Waals surface area contributed by atoms with E-state index in [-0.39, 0.29) is 11.0 Å². The molecular formula is C15H23NO. The van der Waals surface area contributed by atoms with Crippen LogP contribution in [0.15, 0.2) is 0 Å². The topological polar surface area (TPSA) is 33.0 Å². The number of rotatable bonds is 3. The summed E-state index contributed by atoms with van der Waals surface area (Å²) in [6.07, 6.45) is 8.14. The van der Waals surface area contributed by atoms with Crippen LogP contribution in [0.3, 0.4) is 0 Å². The molecule has 0 aromatic carbocycles. The Hall–Kier alpha value is -0.550. The summed E-state index contributed by atoms with van der Waals surface area (Å²) in [4.78, 5) is 0. The van der Waals surface area contributed by atoms with Gasteiger partial charge in [-0.3, -0.25) is 0 Å². The van der Waals surface area contributed by atoms with Crippen molar-refractivity contribution >= 4 is 0 Å². The van der Waals surface area contributed by atoms with Gasteiger partial charge in [-0.25, -0.2) is 0 Å². The van der Waals surface area contributed by atoms with Gasteiger partial charge in [0.2, 0.25) is 0 Å². The van der Waals surface area contributed by atoms with E-state index in [1.807, 2.05) is 13.8 Å². The molecule has 94 valence electrons. The molecule has 0 N–H and O–H groups in total. The second-order valence-corrected chi connectivity index (χ2v) is 7.38. The Balaban J connectivity index is 1.69. The lowest BCUT2D eigenvalue weighted by Crippen LogP contribution is -2.52. The fourth-order valence-electron chi connectivity index (χ4n) is 4.57. The minimum absolute atomic E-state index is 0.156. The third-order valence-electron chi connectivity index (χ3n) is 5.02. The molecule has 0 spiro atoms. The number of ether oxygens (including phenoxy) is 1. The molecule has 4 rings (SSSR count). The molecule has 4 aliphatic carbocycles. The Kier molecular flexibility index (Phi) is 2.52. The molecule has 0 amide bonds. The molecular weight excluding hydrogens is 210 g/mol. The van der Waals surface area contributed by atoms with Crippen molar-refractivity contribution < 1.29 is 4.74 Å². The van der Waals surface area contributed by atoms with Crippen LogP contribution in [0.25, 0.3) is 0 Å². The first kappa shape index (κ1) is 11.5. The van der Waals surface area contributed by atoms with Gasteiger partial charge in [0.05, 0.1) is 23.7 Å². The maximum atomic E-state index is 9.08. The Morgan fingerprint density at radius 3 is 2.00 bits per heavy atom. The lowest BCUT2D eigenvalue weighted by molar-refractivity contribution is -0.171. The van der Waals surface area contributed by atoms with E-state index in [1.165, 1.54) is 38.5 Å². The number of nitrogens with zero attached hydrogens (tertiary/aromatic N) is 1. The number of hydrogen-bond acceptors (Lipinski definition) is 2. The van der Waals surface area contributed by atoms with Crippen LogP contribution in [0, 0.1) is 34.5 Å². The molecule has 0 radical (unpaired) electrons.